The molecule has 0 aromatic rings. The molecule has 0 spiro atoms. The summed E-state index contributed by atoms with van der Waals surface area (Å²) in [4.78, 5) is 37.9. The van der Waals surface area contributed by atoms with Gasteiger partial charge in [0.05, 0.1) is 0 Å². The Morgan fingerprint density at radius 3 is 1.05 bits per heavy atom. The largest absolute Gasteiger partial charge is 0.462 e. The third-order valence-electron chi connectivity index (χ3n) is 11.1. The van der Waals surface area contributed by atoms with Crippen LogP contribution in [0.2, 0.25) is 0 Å². The highest BCUT2D eigenvalue weighted by Crippen LogP contribution is 2.15. The Balaban J connectivity index is 4.36. The predicted octanol–water partition coefficient (Wildman–Crippen LogP) is 16.7. The van der Waals surface area contributed by atoms with E-state index < -0.39 is 6.10 Å². The summed E-state index contributed by atoms with van der Waals surface area (Å²) in [5.41, 5.74) is 0. The second-order valence-electron chi connectivity index (χ2n) is 17.1. The van der Waals surface area contributed by atoms with Gasteiger partial charge in [0.15, 0.2) is 6.10 Å². The number of hydrogen-bond acceptors (Lipinski definition) is 6. The summed E-state index contributed by atoms with van der Waals surface area (Å²) < 4.78 is 16.7. The first kappa shape index (κ1) is 57.4. The molecular formula is C54H96O6. The fraction of sp³-hybridized carbons (Fsp3) is 0.796. The van der Waals surface area contributed by atoms with E-state index in [-0.39, 0.29) is 31.1 Å². The van der Waals surface area contributed by atoms with Gasteiger partial charge in [-0.25, -0.2) is 0 Å². The van der Waals surface area contributed by atoms with Gasteiger partial charge in [0.25, 0.3) is 0 Å². The minimum atomic E-state index is -0.786. The normalized spacial score (nSPS) is 12.4. The summed E-state index contributed by atoms with van der Waals surface area (Å²) in [6.07, 6.45) is 58.1. The first-order valence-electron chi connectivity index (χ1n) is 25.6. The van der Waals surface area contributed by atoms with E-state index in [9.17, 15) is 14.4 Å². The SMILES string of the molecule is CC/C=C\C/C=C\C/C=C\CCCCCC(=O)OC(COC(=O)CCCCCCCCC/C=C\CCCCCCCCC)COC(=O)CCCCCCCCCCCCC. The summed E-state index contributed by atoms with van der Waals surface area (Å²) in [7, 11) is 0. The van der Waals surface area contributed by atoms with E-state index in [1.54, 1.807) is 0 Å². The van der Waals surface area contributed by atoms with Crippen molar-refractivity contribution in [3.63, 3.8) is 0 Å². The van der Waals surface area contributed by atoms with Crippen LogP contribution in [0.15, 0.2) is 48.6 Å². The molecule has 6 heteroatoms. The van der Waals surface area contributed by atoms with Crippen molar-refractivity contribution in [2.75, 3.05) is 13.2 Å². The van der Waals surface area contributed by atoms with E-state index >= 15 is 0 Å². The second-order valence-corrected chi connectivity index (χ2v) is 17.1. The first-order chi connectivity index (χ1) is 29.5. The Morgan fingerprint density at radius 2 is 0.650 bits per heavy atom. The zero-order valence-corrected chi connectivity index (χ0v) is 39.7. The Kier molecular flexibility index (Phi) is 46.9. The number of carbonyl (C=O) groups is 3. The van der Waals surface area contributed by atoms with E-state index in [2.05, 4.69) is 69.4 Å². The summed E-state index contributed by atoms with van der Waals surface area (Å²) in [6, 6.07) is 0. The van der Waals surface area contributed by atoms with Crippen molar-refractivity contribution in [1.29, 1.82) is 0 Å². The molecule has 0 radical (unpaired) electrons. The van der Waals surface area contributed by atoms with Gasteiger partial charge in [-0.05, 0) is 77.0 Å². The summed E-state index contributed by atoms with van der Waals surface area (Å²) in [6.45, 7) is 6.50. The van der Waals surface area contributed by atoms with Crippen LogP contribution in [0.3, 0.4) is 0 Å². The number of hydrogen-bond donors (Lipinski definition) is 0. The monoisotopic (exact) mass is 841 g/mol. The van der Waals surface area contributed by atoms with Gasteiger partial charge in [0.2, 0.25) is 0 Å². The van der Waals surface area contributed by atoms with Crippen molar-refractivity contribution in [2.45, 2.75) is 264 Å². The molecule has 0 N–H and O–H groups in total. The van der Waals surface area contributed by atoms with Gasteiger partial charge >= 0.3 is 17.9 Å². The standard InChI is InChI=1S/C54H96O6/c1-4-7-10-13-16-19-22-24-25-26-27-28-30-32-35-38-41-44-47-53(56)59-50-51(49-58-52(55)46-43-40-37-34-31-21-18-15-12-9-6-3)60-54(57)48-45-42-39-36-33-29-23-20-17-14-11-8-5-2/h8,11,17,20,25-26,29,33,51H,4-7,9-10,12-16,18-19,21-24,27-28,30-32,34-50H2,1-3H3/b11-8-,20-17-,26-25-,33-29-. The smallest absolute Gasteiger partial charge is 0.306 e. The van der Waals surface area contributed by atoms with Crippen LogP contribution >= 0.6 is 0 Å². The highest BCUT2D eigenvalue weighted by atomic mass is 16.6. The molecule has 348 valence electrons. The van der Waals surface area contributed by atoms with Gasteiger partial charge in [0.1, 0.15) is 13.2 Å². The van der Waals surface area contributed by atoms with E-state index in [0.717, 1.165) is 83.5 Å². The van der Waals surface area contributed by atoms with Crippen LogP contribution in [0.4, 0.5) is 0 Å². The number of esters is 3. The molecule has 0 fully saturated rings. The van der Waals surface area contributed by atoms with Crippen molar-refractivity contribution in [3.05, 3.63) is 48.6 Å². The fourth-order valence-electron chi connectivity index (χ4n) is 7.22. The molecule has 0 aliphatic rings. The molecule has 1 unspecified atom stereocenters. The molecule has 6 nitrogen and oxygen atoms in total. The maximum Gasteiger partial charge on any atom is 0.306 e. The van der Waals surface area contributed by atoms with Crippen molar-refractivity contribution in [2.24, 2.45) is 0 Å². The lowest BCUT2D eigenvalue weighted by Crippen LogP contribution is -2.30. The zero-order valence-electron chi connectivity index (χ0n) is 39.7. The molecule has 0 aliphatic heterocycles. The maximum absolute atomic E-state index is 12.7. The quantitative estimate of drug-likeness (QED) is 0.0263. The Hall–Kier alpha value is -2.63. The lowest BCUT2D eigenvalue weighted by Gasteiger charge is -2.18. The molecule has 0 heterocycles. The molecule has 0 bridgehead atoms. The number of carbonyl (C=O) groups excluding carboxylic acids is 3. The highest BCUT2D eigenvalue weighted by molar-refractivity contribution is 5.71. The fourth-order valence-corrected chi connectivity index (χ4v) is 7.22. The lowest BCUT2D eigenvalue weighted by atomic mass is 10.1. The molecule has 0 saturated heterocycles. The Morgan fingerprint density at radius 1 is 0.350 bits per heavy atom. The van der Waals surface area contributed by atoms with Crippen molar-refractivity contribution >= 4 is 17.9 Å². The van der Waals surface area contributed by atoms with Crippen molar-refractivity contribution in [1.82, 2.24) is 0 Å². The van der Waals surface area contributed by atoms with Crippen LogP contribution < -0.4 is 0 Å². The summed E-state index contributed by atoms with van der Waals surface area (Å²) in [5, 5.41) is 0. The number of allylic oxidation sites excluding steroid dienone is 8. The zero-order chi connectivity index (χ0) is 43.7. The van der Waals surface area contributed by atoms with Crippen LogP contribution in [0.5, 0.6) is 0 Å². The van der Waals surface area contributed by atoms with Gasteiger partial charge < -0.3 is 14.2 Å². The van der Waals surface area contributed by atoms with Gasteiger partial charge in [-0.3, -0.25) is 14.4 Å². The molecule has 0 aliphatic carbocycles. The van der Waals surface area contributed by atoms with E-state index in [4.69, 9.17) is 14.2 Å². The van der Waals surface area contributed by atoms with Crippen LogP contribution in [-0.4, -0.2) is 37.2 Å². The maximum atomic E-state index is 12.7. The molecule has 0 saturated carbocycles. The van der Waals surface area contributed by atoms with Gasteiger partial charge in [-0.2, -0.15) is 0 Å². The van der Waals surface area contributed by atoms with Crippen molar-refractivity contribution < 1.29 is 28.6 Å². The molecule has 0 aromatic carbocycles. The average molecular weight is 841 g/mol. The topological polar surface area (TPSA) is 78.9 Å². The number of rotatable bonds is 46. The minimum absolute atomic E-state index is 0.0843. The van der Waals surface area contributed by atoms with Crippen molar-refractivity contribution in [3.8, 4) is 0 Å². The van der Waals surface area contributed by atoms with E-state index in [0.29, 0.717) is 19.3 Å². The van der Waals surface area contributed by atoms with Crippen LogP contribution in [0, 0.1) is 0 Å². The Bertz CT molecular complexity index is 1060. The lowest BCUT2D eigenvalue weighted by molar-refractivity contribution is -0.167. The molecular weight excluding hydrogens is 745 g/mol. The second kappa shape index (κ2) is 49.0. The van der Waals surface area contributed by atoms with E-state index in [1.807, 2.05) is 0 Å². The Labute approximate surface area is 371 Å². The average Bonchev–Trinajstić information content (AvgIpc) is 3.24. The molecule has 1 atom stereocenters. The molecule has 60 heavy (non-hydrogen) atoms. The molecule has 0 rings (SSSR count). The van der Waals surface area contributed by atoms with Crippen LogP contribution in [0.25, 0.3) is 0 Å². The summed E-state index contributed by atoms with van der Waals surface area (Å²) in [5.74, 6) is -0.913. The third kappa shape index (κ3) is 46.4. The van der Waals surface area contributed by atoms with Crippen LogP contribution in [0.1, 0.15) is 258 Å². The van der Waals surface area contributed by atoms with Gasteiger partial charge in [-0.1, -0.05) is 211 Å². The molecule has 0 amide bonds. The summed E-state index contributed by atoms with van der Waals surface area (Å²) >= 11 is 0. The van der Waals surface area contributed by atoms with Crippen LogP contribution in [-0.2, 0) is 28.6 Å². The molecule has 0 aromatic heterocycles. The minimum Gasteiger partial charge on any atom is -0.462 e. The highest BCUT2D eigenvalue weighted by Gasteiger charge is 2.19. The van der Waals surface area contributed by atoms with Gasteiger partial charge in [-0.15, -0.1) is 0 Å². The number of ether oxygens (including phenoxy) is 3. The third-order valence-corrected chi connectivity index (χ3v) is 11.1. The van der Waals surface area contributed by atoms with E-state index in [1.165, 1.54) is 135 Å². The van der Waals surface area contributed by atoms with Gasteiger partial charge in [0, 0.05) is 19.3 Å². The number of unbranched alkanes of at least 4 members (excludes halogenated alkanes) is 27. The predicted molar refractivity (Wildman–Crippen MR) is 256 cm³/mol. The first-order valence-corrected chi connectivity index (χ1v) is 25.6.